The number of ether oxygens (including phenoxy) is 1. The van der Waals surface area contributed by atoms with Gasteiger partial charge in [0.2, 0.25) is 5.69 Å². The number of fused-ring (bicyclic) bond motifs is 1. The minimum Gasteiger partial charge on any atom is -0.618 e. The van der Waals surface area contributed by atoms with Gasteiger partial charge in [0.1, 0.15) is 17.6 Å². The van der Waals surface area contributed by atoms with E-state index in [2.05, 4.69) is 20.0 Å². The number of carbonyl (C=O) groups excluding carboxylic acids is 1. The summed E-state index contributed by atoms with van der Waals surface area (Å²) in [5, 5.41) is 15.3. The number of imidazole rings is 1. The number of halogens is 3. The first-order valence-corrected chi connectivity index (χ1v) is 11.1. The van der Waals surface area contributed by atoms with E-state index in [-0.39, 0.29) is 22.1 Å². The second-order valence-electron chi connectivity index (χ2n) is 8.15. The molecule has 2 heterocycles. The molecule has 0 spiro atoms. The lowest BCUT2D eigenvalue weighted by Gasteiger charge is -2.12. The summed E-state index contributed by atoms with van der Waals surface area (Å²) in [6.45, 7) is 0. The van der Waals surface area contributed by atoms with Crippen LogP contribution >= 0.6 is 11.6 Å². The second kappa shape index (κ2) is 8.99. The lowest BCUT2D eigenvalue weighted by Crippen LogP contribution is -2.33. The van der Waals surface area contributed by atoms with E-state index in [1.165, 1.54) is 13.3 Å². The number of nitrogens with zero attached hydrogens (tertiary/aromatic N) is 2. The molecular weight excluding hydrogens is 478 g/mol. The lowest BCUT2D eigenvalue weighted by molar-refractivity contribution is -0.614. The molecule has 1 unspecified atom stereocenters. The molecule has 1 aliphatic carbocycles. The van der Waals surface area contributed by atoms with Crippen LogP contribution in [0, 0.1) is 16.8 Å². The van der Waals surface area contributed by atoms with Crippen LogP contribution in [0.4, 0.5) is 19.3 Å². The molecule has 35 heavy (non-hydrogen) atoms. The van der Waals surface area contributed by atoms with Crippen molar-refractivity contribution < 1.29 is 23.0 Å². The Balaban J connectivity index is 1.43. The number of carbonyl (C=O) groups is 1. The third-order valence-corrected chi connectivity index (χ3v) is 6.36. The van der Waals surface area contributed by atoms with E-state index in [1.807, 2.05) is 12.1 Å². The van der Waals surface area contributed by atoms with Crippen molar-refractivity contribution >= 4 is 23.4 Å². The number of anilines is 1. The number of aromatic amines is 1. The van der Waals surface area contributed by atoms with Crippen LogP contribution in [0.25, 0.3) is 22.4 Å². The Hall–Kier alpha value is -3.98. The highest BCUT2D eigenvalue weighted by atomic mass is 35.5. The second-order valence-corrected chi connectivity index (χ2v) is 8.56. The van der Waals surface area contributed by atoms with Crippen LogP contribution in [0.5, 0.6) is 0 Å². The normalized spacial score (nSPS) is 14.6. The molecule has 1 atom stereocenters. The number of methoxy groups -OCH3 is 1. The lowest BCUT2D eigenvalue weighted by atomic mass is 10.0. The molecule has 2 aromatic heterocycles. The van der Waals surface area contributed by atoms with Crippen molar-refractivity contribution in [3.63, 3.8) is 0 Å². The fraction of sp³-hybridized carbons (Fsp3) is 0.160. The van der Waals surface area contributed by atoms with E-state index >= 15 is 0 Å². The monoisotopic (exact) mass is 496 g/mol. The van der Waals surface area contributed by atoms with Crippen LogP contribution in [-0.4, -0.2) is 23.2 Å². The van der Waals surface area contributed by atoms with Gasteiger partial charge in [-0.15, -0.1) is 0 Å². The third kappa shape index (κ3) is 4.19. The fourth-order valence-electron chi connectivity index (χ4n) is 4.41. The summed E-state index contributed by atoms with van der Waals surface area (Å²) >= 11 is 5.82. The number of hydrogen-bond acceptors (Lipinski definition) is 4. The molecule has 7 nitrogen and oxygen atoms in total. The maximum atomic E-state index is 14.5. The van der Waals surface area contributed by atoms with Crippen LogP contribution in [-0.2, 0) is 11.2 Å². The van der Waals surface area contributed by atoms with Gasteiger partial charge in [-0.3, -0.25) is 5.32 Å². The maximum absolute atomic E-state index is 14.5. The third-order valence-electron chi connectivity index (χ3n) is 6.07. The van der Waals surface area contributed by atoms with Crippen LogP contribution in [0.1, 0.15) is 29.4 Å². The molecule has 0 fully saturated rings. The minimum absolute atomic E-state index is 0.137. The largest absolute Gasteiger partial charge is 0.618 e. The van der Waals surface area contributed by atoms with Gasteiger partial charge in [0, 0.05) is 11.3 Å². The van der Waals surface area contributed by atoms with Crippen molar-refractivity contribution in [2.24, 2.45) is 0 Å². The number of nitrogens with one attached hydrogen (secondary N) is 2. The van der Waals surface area contributed by atoms with Gasteiger partial charge in [0.15, 0.2) is 12.0 Å². The van der Waals surface area contributed by atoms with Crippen molar-refractivity contribution in [3.8, 4) is 22.4 Å². The number of aryl methyl sites for hydroxylation is 1. The zero-order valence-electron chi connectivity index (χ0n) is 18.4. The number of benzene rings is 2. The Labute approximate surface area is 203 Å². The smallest absolute Gasteiger partial charge is 0.411 e. The van der Waals surface area contributed by atoms with E-state index in [4.69, 9.17) is 11.6 Å². The van der Waals surface area contributed by atoms with Crippen molar-refractivity contribution in [1.82, 2.24) is 9.97 Å². The van der Waals surface area contributed by atoms with Gasteiger partial charge in [-0.2, -0.15) is 4.73 Å². The topological polar surface area (TPSA) is 93.9 Å². The Bertz CT molecular complexity index is 1440. The average molecular weight is 497 g/mol. The van der Waals surface area contributed by atoms with Crippen LogP contribution < -0.4 is 10.0 Å². The van der Waals surface area contributed by atoms with Crippen molar-refractivity contribution in [2.75, 3.05) is 12.4 Å². The highest BCUT2D eigenvalue weighted by Gasteiger charge is 2.35. The first-order valence-electron chi connectivity index (χ1n) is 10.8. The van der Waals surface area contributed by atoms with E-state index in [0.29, 0.717) is 40.3 Å². The first-order chi connectivity index (χ1) is 16.9. The van der Waals surface area contributed by atoms with Gasteiger partial charge in [-0.25, -0.2) is 18.6 Å². The zero-order chi connectivity index (χ0) is 24.7. The molecule has 5 rings (SSSR count). The van der Waals surface area contributed by atoms with Gasteiger partial charge in [-0.05, 0) is 48.7 Å². The molecule has 4 aromatic rings. The van der Waals surface area contributed by atoms with Crippen molar-refractivity contribution in [3.05, 3.63) is 93.8 Å². The summed E-state index contributed by atoms with van der Waals surface area (Å²) in [5.41, 5.74) is 3.19. The molecule has 0 saturated heterocycles. The van der Waals surface area contributed by atoms with Crippen LogP contribution in [0.15, 0.2) is 54.9 Å². The Morgan fingerprint density at radius 2 is 2.00 bits per heavy atom. The molecule has 2 aromatic carbocycles. The molecule has 0 radical (unpaired) electrons. The van der Waals surface area contributed by atoms with Crippen molar-refractivity contribution in [2.45, 2.75) is 18.8 Å². The number of aromatic nitrogens is 3. The quantitative estimate of drug-likeness (QED) is 0.219. The van der Waals surface area contributed by atoms with E-state index < -0.39 is 17.7 Å². The molecule has 0 saturated carbocycles. The molecule has 1 amide bonds. The number of H-pyrrole nitrogens is 1. The standard InChI is InChI=1S/C25H19ClF2N4O3/c1-35-25(33)30-16-5-2-13(3-6-16)20-11-29-24(31-20)17-7-4-14-10-15(12-32(34)23(14)17)21-19(27)9-8-18(26)22(21)28/h2-3,5-6,8-12,17H,4,7H2,1H3,(H,29,31)(H,30,33). The van der Waals surface area contributed by atoms with Gasteiger partial charge in [0.05, 0.1) is 35.2 Å². The summed E-state index contributed by atoms with van der Waals surface area (Å²) in [6, 6.07) is 11.0. The van der Waals surface area contributed by atoms with E-state index in [1.54, 1.807) is 24.4 Å². The Morgan fingerprint density at radius 1 is 1.23 bits per heavy atom. The van der Waals surface area contributed by atoms with Crippen molar-refractivity contribution in [1.29, 1.82) is 0 Å². The summed E-state index contributed by atoms with van der Waals surface area (Å²) in [5.74, 6) is -1.36. The summed E-state index contributed by atoms with van der Waals surface area (Å²) in [4.78, 5) is 19.1. The molecule has 1 aliphatic rings. The highest BCUT2D eigenvalue weighted by Crippen LogP contribution is 2.38. The highest BCUT2D eigenvalue weighted by molar-refractivity contribution is 6.31. The van der Waals surface area contributed by atoms with Gasteiger partial charge < -0.3 is 14.9 Å². The van der Waals surface area contributed by atoms with Crippen LogP contribution in [0.2, 0.25) is 5.02 Å². The van der Waals surface area contributed by atoms with E-state index in [9.17, 15) is 18.8 Å². The van der Waals surface area contributed by atoms with E-state index in [0.717, 1.165) is 23.4 Å². The number of amides is 1. The number of rotatable bonds is 4. The predicted molar refractivity (Wildman–Crippen MR) is 126 cm³/mol. The predicted octanol–water partition coefficient (Wildman–Crippen LogP) is 5.57. The minimum atomic E-state index is -0.898. The van der Waals surface area contributed by atoms with Gasteiger partial charge in [-0.1, -0.05) is 23.7 Å². The molecule has 0 bridgehead atoms. The fourth-order valence-corrected chi connectivity index (χ4v) is 4.57. The molecule has 10 heteroatoms. The maximum Gasteiger partial charge on any atom is 0.411 e. The van der Waals surface area contributed by atoms with Crippen LogP contribution in [0.3, 0.4) is 0 Å². The summed E-state index contributed by atoms with van der Waals surface area (Å²) in [7, 11) is 1.29. The Kier molecular flexibility index (Phi) is 5.86. The summed E-state index contributed by atoms with van der Waals surface area (Å²) < 4.78 is 34.1. The Morgan fingerprint density at radius 3 is 2.74 bits per heavy atom. The number of hydrogen-bond donors (Lipinski definition) is 2. The van der Waals surface area contributed by atoms with Gasteiger partial charge >= 0.3 is 6.09 Å². The molecular formula is C25H19ClF2N4O3. The number of pyridine rings is 1. The first kappa shape index (κ1) is 22.8. The zero-order valence-corrected chi connectivity index (χ0v) is 19.2. The SMILES string of the molecule is COC(=O)Nc1ccc(-c2cnc(C3CCc4cc(-c5c(F)ccc(Cl)c5F)c[n+]([O-])c43)[nH]2)cc1. The summed E-state index contributed by atoms with van der Waals surface area (Å²) in [6.07, 6.45) is 3.47. The molecule has 2 N–H and O–H groups in total. The van der Waals surface area contributed by atoms with Gasteiger partial charge in [0.25, 0.3) is 0 Å². The molecule has 178 valence electrons. The average Bonchev–Trinajstić information content (AvgIpc) is 3.50. The molecule has 0 aliphatic heterocycles.